The molecule has 3 rings (SSSR count). The van der Waals surface area contributed by atoms with E-state index in [-0.39, 0.29) is 12.0 Å². The first-order chi connectivity index (χ1) is 14.8. The Labute approximate surface area is 186 Å². The Morgan fingerprint density at radius 1 is 1.29 bits per heavy atom. The van der Waals surface area contributed by atoms with E-state index in [0.29, 0.717) is 24.6 Å². The summed E-state index contributed by atoms with van der Waals surface area (Å²) >= 11 is 0. The zero-order valence-electron chi connectivity index (χ0n) is 19.4. The number of piperidine rings is 1. The van der Waals surface area contributed by atoms with Gasteiger partial charge in [-0.15, -0.1) is 0 Å². The Hall–Kier alpha value is -2.28. The van der Waals surface area contributed by atoms with Crippen LogP contribution in [0.25, 0.3) is 0 Å². The molecule has 7 nitrogen and oxygen atoms in total. The standard InChI is InChI=1S/C24H37N5O2/c1-5-6-20(24(30)31)21(23-27-17(2)9-12-26-28-23)15-18-7-8-22(25-16-18)19-10-13-29(3,4)14-11-19/h7-8,12,16-17,19-21H,5-6,9-11,13-15H2,1-4H3,(H-,27,28,30,31)/p+1. The van der Waals surface area contributed by atoms with Crippen LogP contribution in [0.4, 0.5) is 0 Å². The van der Waals surface area contributed by atoms with E-state index >= 15 is 0 Å². The van der Waals surface area contributed by atoms with E-state index in [1.807, 2.05) is 26.3 Å². The van der Waals surface area contributed by atoms with E-state index in [4.69, 9.17) is 9.98 Å². The number of carbonyl (C=O) groups is 1. The van der Waals surface area contributed by atoms with E-state index in [9.17, 15) is 9.90 Å². The summed E-state index contributed by atoms with van der Waals surface area (Å²) in [6, 6.07) is 4.35. The van der Waals surface area contributed by atoms with E-state index in [2.05, 4.69) is 36.8 Å². The third-order valence-corrected chi connectivity index (χ3v) is 6.72. The monoisotopic (exact) mass is 428 g/mol. The first kappa shape index (κ1) is 23.4. The minimum atomic E-state index is -0.773. The highest BCUT2D eigenvalue weighted by atomic mass is 16.4. The molecule has 1 fully saturated rings. The van der Waals surface area contributed by atoms with Gasteiger partial charge in [0.2, 0.25) is 0 Å². The number of carboxylic acids is 1. The summed E-state index contributed by atoms with van der Waals surface area (Å²) in [4.78, 5) is 21.7. The van der Waals surface area contributed by atoms with Crippen LogP contribution in [0.1, 0.15) is 63.1 Å². The molecule has 0 bridgehead atoms. The van der Waals surface area contributed by atoms with Gasteiger partial charge in [-0.2, -0.15) is 5.10 Å². The van der Waals surface area contributed by atoms with Gasteiger partial charge in [-0.3, -0.25) is 20.2 Å². The fraction of sp³-hybridized carbons (Fsp3) is 0.667. The molecule has 3 heterocycles. The topological polar surface area (TPSA) is 86.9 Å². The lowest BCUT2D eigenvalue weighted by molar-refractivity contribution is -0.895. The first-order valence-corrected chi connectivity index (χ1v) is 11.6. The Bertz CT molecular complexity index is 793. The van der Waals surface area contributed by atoms with Crippen LogP contribution in [0.5, 0.6) is 0 Å². The minimum Gasteiger partial charge on any atom is -0.481 e. The van der Waals surface area contributed by atoms with Crippen LogP contribution in [-0.2, 0) is 11.2 Å². The van der Waals surface area contributed by atoms with Gasteiger partial charge in [0.15, 0.2) is 0 Å². The van der Waals surface area contributed by atoms with Crippen molar-refractivity contribution >= 4 is 18.0 Å². The zero-order valence-corrected chi connectivity index (χ0v) is 19.4. The maximum atomic E-state index is 12.1. The Morgan fingerprint density at radius 3 is 2.65 bits per heavy atom. The summed E-state index contributed by atoms with van der Waals surface area (Å²) in [5.41, 5.74) is 5.24. The van der Waals surface area contributed by atoms with Crippen LogP contribution in [0.2, 0.25) is 0 Å². The molecular weight excluding hydrogens is 390 g/mol. The van der Waals surface area contributed by atoms with Crippen molar-refractivity contribution in [2.75, 3.05) is 27.2 Å². The predicted molar refractivity (Wildman–Crippen MR) is 124 cm³/mol. The Kier molecular flexibility index (Phi) is 7.81. The third kappa shape index (κ3) is 6.35. The Morgan fingerprint density at radius 2 is 2.03 bits per heavy atom. The molecule has 2 aliphatic rings. The summed E-state index contributed by atoms with van der Waals surface area (Å²) in [6.45, 7) is 6.41. The second kappa shape index (κ2) is 10.4. The maximum absolute atomic E-state index is 12.1. The van der Waals surface area contributed by atoms with Gasteiger partial charge in [0.1, 0.15) is 5.84 Å². The fourth-order valence-electron chi connectivity index (χ4n) is 4.67. The van der Waals surface area contributed by atoms with Gasteiger partial charge < -0.3 is 9.59 Å². The van der Waals surface area contributed by atoms with Gasteiger partial charge in [0, 0.05) is 49.2 Å². The molecular formula is C24H38N5O2+. The number of amidine groups is 1. The normalized spacial score (nSPS) is 23.4. The molecule has 1 aromatic rings. The largest absolute Gasteiger partial charge is 0.481 e. The molecule has 2 N–H and O–H groups in total. The molecule has 0 aliphatic carbocycles. The van der Waals surface area contributed by atoms with Gasteiger partial charge in [-0.25, -0.2) is 0 Å². The molecule has 0 radical (unpaired) electrons. The number of rotatable bonds is 8. The quantitative estimate of drug-likeness (QED) is 0.621. The number of hydrazone groups is 1. The van der Waals surface area contributed by atoms with Crippen molar-refractivity contribution in [3.8, 4) is 0 Å². The molecule has 2 aliphatic heterocycles. The molecule has 1 saturated heterocycles. The second-order valence-electron chi connectivity index (χ2n) is 9.82. The van der Waals surface area contributed by atoms with Crippen LogP contribution in [0.3, 0.4) is 0 Å². The van der Waals surface area contributed by atoms with Crippen LogP contribution in [0, 0.1) is 11.8 Å². The number of hydrogen-bond acceptors (Lipinski definition) is 5. The van der Waals surface area contributed by atoms with Gasteiger partial charge in [-0.05, 0) is 31.4 Å². The van der Waals surface area contributed by atoms with Gasteiger partial charge in [-0.1, -0.05) is 19.4 Å². The van der Waals surface area contributed by atoms with E-state index in [1.165, 1.54) is 13.1 Å². The number of aliphatic carboxylic acids is 1. The molecule has 31 heavy (non-hydrogen) atoms. The highest BCUT2D eigenvalue weighted by molar-refractivity contribution is 5.90. The number of likely N-dealkylation sites (tertiary alicyclic amines) is 1. The maximum Gasteiger partial charge on any atom is 0.307 e. The summed E-state index contributed by atoms with van der Waals surface area (Å²) in [6.07, 6.45) is 8.84. The summed E-state index contributed by atoms with van der Waals surface area (Å²) in [5, 5.41) is 14.2. The van der Waals surface area contributed by atoms with Crippen molar-refractivity contribution in [1.29, 1.82) is 0 Å². The smallest absolute Gasteiger partial charge is 0.307 e. The SMILES string of the molecule is CCCC(C(=O)O)C(Cc1ccc(C2CC[N+](C)(C)CC2)nc1)C1=NC(C)CC=NN1. The Balaban J connectivity index is 1.79. The molecule has 3 atom stereocenters. The van der Waals surface area contributed by atoms with Crippen molar-refractivity contribution in [3.63, 3.8) is 0 Å². The van der Waals surface area contributed by atoms with Gasteiger partial charge in [0.05, 0.1) is 39.1 Å². The van der Waals surface area contributed by atoms with Crippen molar-refractivity contribution in [2.24, 2.45) is 21.9 Å². The molecule has 3 unspecified atom stereocenters. The van der Waals surface area contributed by atoms with Crippen LogP contribution in [0.15, 0.2) is 28.4 Å². The van der Waals surface area contributed by atoms with Crippen molar-refractivity contribution in [1.82, 2.24) is 10.4 Å². The zero-order chi connectivity index (χ0) is 22.4. The lowest BCUT2D eigenvalue weighted by Crippen LogP contribution is -2.45. The van der Waals surface area contributed by atoms with Crippen molar-refractivity contribution in [3.05, 3.63) is 29.6 Å². The molecule has 0 saturated carbocycles. The van der Waals surface area contributed by atoms with Gasteiger partial charge >= 0.3 is 5.97 Å². The van der Waals surface area contributed by atoms with Gasteiger partial charge in [0.25, 0.3) is 0 Å². The highest BCUT2D eigenvalue weighted by Gasteiger charge is 2.33. The summed E-state index contributed by atoms with van der Waals surface area (Å²) < 4.78 is 1.08. The van der Waals surface area contributed by atoms with E-state index in [0.717, 1.165) is 41.4 Å². The van der Waals surface area contributed by atoms with Crippen LogP contribution >= 0.6 is 0 Å². The molecule has 1 aromatic heterocycles. The lowest BCUT2D eigenvalue weighted by atomic mass is 9.83. The van der Waals surface area contributed by atoms with Crippen molar-refractivity contribution < 1.29 is 14.4 Å². The molecule has 7 heteroatoms. The average Bonchev–Trinajstić information content (AvgIpc) is 2.95. The number of nitrogens with one attached hydrogen (secondary N) is 1. The number of nitrogens with zero attached hydrogens (tertiary/aromatic N) is 4. The number of carboxylic acid groups (broad SMARTS) is 1. The van der Waals surface area contributed by atoms with E-state index < -0.39 is 11.9 Å². The third-order valence-electron chi connectivity index (χ3n) is 6.72. The van der Waals surface area contributed by atoms with E-state index in [1.54, 1.807) is 0 Å². The number of aliphatic imine (C=N–C) groups is 1. The van der Waals surface area contributed by atoms with Crippen LogP contribution in [-0.4, -0.2) is 65.8 Å². The first-order valence-electron chi connectivity index (χ1n) is 11.6. The second-order valence-corrected chi connectivity index (χ2v) is 9.82. The summed E-state index contributed by atoms with van der Waals surface area (Å²) in [5.74, 6) is -0.334. The van der Waals surface area contributed by atoms with Crippen molar-refractivity contribution in [2.45, 2.75) is 64.3 Å². The highest BCUT2D eigenvalue weighted by Crippen LogP contribution is 2.30. The van der Waals surface area contributed by atoms with Crippen LogP contribution < -0.4 is 5.43 Å². The number of pyridine rings is 1. The fourth-order valence-corrected chi connectivity index (χ4v) is 4.67. The lowest BCUT2D eigenvalue weighted by Gasteiger charge is -2.37. The summed E-state index contributed by atoms with van der Waals surface area (Å²) in [7, 11) is 4.58. The molecule has 0 spiro atoms. The minimum absolute atomic E-state index is 0.0850. The number of aromatic nitrogens is 1. The predicted octanol–water partition coefficient (Wildman–Crippen LogP) is 3.46. The molecule has 0 aromatic carbocycles. The number of hydrogen-bond donors (Lipinski definition) is 2. The molecule has 170 valence electrons. The number of quaternary nitrogens is 1. The molecule has 0 amide bonds. The average molecular weight is 429 g/mol.